The zero-order valence-electron chi connectivity index (χ0n) is 17.4. The Labute approximate surface area is 186 Å². The highest BCUT2D eigenvalue weighted by Crippen LogP contribution is 2.32. The van der Waals surface area contributed by atoms with Crippen molar-refractivity contribution in [1.82, 2.24) is 19.4 Å². The molecule has 2 aromatic rings. The Hall–Kier alpha value is -1.64. The summed E-state index contributed by atoms with van der Waals surface area (Å²) in [5.74, 6) is 0.635. The van der Waals surface area contributed by atoms with Crippen molar-refractivity contribution < 1.29 is 4.74 Å². The van der Waals surface area contributed by atoms with Gasteiger partial charge in [0.05, 0.1) is 26.6 Å². The highest BCUT2D eigenvalue weighted by molar-refractivity contribution is 6.35. The number of halogens is 2. The molecule has 0 aliphatic carbocycles. The molecule has 1 fully saturated rings. The first-order chi connectivity index (χ1) is 14.5. The van der Waals surface area contributed by atoms with Crippen LogP contribution < -0.4 is 10.5 Å². The second-order valence-corrected chi connectivity index (χ2v) is 8.62. The molecule has 162 valence electrons. The molecule has 7 nitrogen and oxygen atoms in total. The third kappa shape index (κ3) is 4.50. The van der Waals surface area contributed by atoms with Gasteiger partial charge in [-0.1, -0.05) is 30.1 Å². The molecule has 9 heteroatoms. The van der Waals surface area contributed by atoms with E-state index in [0.717, 1.165) is 56.3 Å². The molecule has 0 saturated carbocycles. The Morgan fingerprint density at radius 2 is 1.70 bits per heavy atom. The number of hydrogen-bond acceptors (Lipinski definition) is 6. The number of fused-ring (bicyclic) bond motifs is 1. The molecule has 0 amide bonds. The van der Waals surface area contributed by atoms with Gasteiger partial charge in [-0.25, -0.2) is 4.98 Å². The summed E-state index contributed by atoms with van der Waals surface area (Å²) in [5.41, 5.74) is 2.38. The van der Waals surface area contributed by atoms with E-state index in [9.17, 15) is 4.79 Å². The van der Waals surface area contributed by atoms with Crippen molar-refractivity contribution in [2.75, 3.05) is 51.0 Å². The molecule has 3 heterocycles. The van der Waals surface area contributed by atoms with Crippen LogP contribution in [0.3, 0.4) is 0 Å². The lowest BCUT2D eigenvalue weighted by Crippen LogP contribution is -2.50. The lowest BCUT2D eigenvalue weighted by atomic mass is 10.2. The van der Waals surface area contributed by atoms with E-state index in [2.05, 4.69) is 9.80 Å². The van der Waals surface area contributed by atoms with Crippen molar-refractivity contribution >= 4 is 34.8 Å². The van der Waals surface area contributed by atoms with E-state index in [-0.39, 0.29) is 5.56 Å². The lowest BCUT2D eigenvalue weighted by Gasteiger charge is -2.39. The molecule has 4 rings (SSSR count). The summed E-state index contributed by atoms with van der Waals surface area (Å²) in [6.45, 7) is 10.2. The van der Waals surface area contributed by atoms with E-state index in [4.69, 9.17) is 32.9 Å². The van der Waals surface area contributed by atoms with Crippen molar-refractivity contribution in [3.05, 3.63) is 49.9 Å². The third-order valence-electron chi connectivity index (χ3n) is 5.72. The minimum absolute atomic E-state index is 0.0224. The molecule has 0 bridgehead atoms. The fourth-order valence-corrected chi connectivity index (χ4v) is 4.59. The van der Waals surface area contributed by atoms with Gasteiger partial charge in [0, 0.05) is 53.2 Å². The lowest BCUT2D eigenvalue weighted by molar-refractivity contribution is 0.0310. The van der Waals surface area contributed by atoms with Crippen LogP contribution in [-0.4, -0.2) is 65.4 Å². The van der Waals surface area contributed by atoms with Crippen LogP contribution in [0.15, 0.2) is 23.0 Å². The molecule has 0 spiro atoms. The molecule has 2 aliphatic heterocycles. The third-order valence-corrected chi connectivity index (χ3v) is 6.16. The predicted octanol–water partition coefficient (Wildman–Crippen LogP) is 3.12. The van der Waals surface area contributed by atoms with Gasteiger partial charge in [-0.15, -0.1) is 0 Å². The molecule has 30 heavy (non-hydrogen) atoms. The first kappa shape index (κ1) is 21.6. The first-order valence-electron chi connectivity index (χ1n) is 10.3. The Bertz CT molecular complexity index is 954. The minimum Gasteiger partial charge on any atom is -0.379 e. The fourth-order valence-electron chi connectivity index (χ4n) is 4.08. The molecule has 1 aromatic carbocycles. The summed E-state index contributed by atoms with van der Waals surface area (Å²) >= 11 is 12.5. The summed E-state index contributed by atoms with van der Waals surface area (Å²) in [6.07, 6.45) is 0.661. The topological polar surface area (TPSA) is 53.8 Å². The molecule has 1 aromatic heterocycles. The van der Waals surface area contributed by atoms with Gasteiger partial charge >= 0.3 is 0 Å². The van der Waals surface area contributed by atoms with Gasteiger partial charge in [-0.05, 0) is 31.5 Å². The number of hydrogen-bond donors (Lipinski definition) is 0. The maximum atomic E-state index is 13.2. The van der Waals surface area contributed by atoms with E-state index in [1.165, 1.54) is 0 Å². The normalized spacial score (nSPS) is 17.9. The summed E-state index contributed by atoms with van der Waals surface area (Å²) in [5, 5.41) is 1.11. The number of morpholine rings is 1. The summed E-state index contributed by atoms with van der Waals surface area (Å²) in [6, 6.07) is 5.43. The van der Waals surface area contributed by atoms with Crippen LogP contribution in [0, 0.1) is 6.92 Å². The van der Waals surface area contributed by atoms with Gasteiger partial charge in [0.2, 0.25) is 5.95 Å². The molecule has 2 aliphatic rings. The van der Waals surface area contributed by atoms with E-state index in [0.29, 0.717) is 35.8 Å². The Balaban J connectivity index is 1.68. The Morgan fingerprint density at radius 3 is 2.37 bits per heavy atom. The monoisotopic (exact) mass is 451 g/mol. The van der Waals surface area contributed by atoms with Crippen molar-refractivity contribution in [3.8, 4) is 0 Å². The molecule has 1 saturated heterocycles. The molecule has 0 N–H and O–H groups in total. The van der Waals surface area contributed by atoms with Crippen LogP contribution in [-0.2, 0) is 17.8 Å². The Morgan fingerprint density at radius 1 is 1.03 bits per heavy atom. The van der Waals surface area contributed by atoms with Gasteiger partial charge in [-0.3, -0.25) is 24.1 Å². The zero-order valence-corrected chi connectivity index (χ0v) is 18.9. The second-order valence-electron chi connectivity index (χ2n) is 7.75. The smallest absolute Gasteiger partial charge is 0.259 e. The molecule has 0 atom stereocenters. The van der Waals surface area contributed by atoms with Gasteiger partial charge in [0.1, 0.15) is 0 Å². The molecular formula is C21H27Cl2N5O2. The van der Waals surface area contributed by atoms with Crippen LogP contribution >= 0.6 is 23.2 Å². The van der Waals surface area contributed by atoms with Crippen LogP contribution in [0.4, 0.5) is 11.6 Å². The quantitative estimate of drug-likeness (QED) is 0.695. The number of anilines is 2. The number of aryl methyl sites for hydroxylation is 1. The predicted molar refractivity (Wildman–Crippen MR) is 120 cm³/mol. The number of aromatic nitrogens is 2. The van der Waals surface area contributed by atoms with Crippen molar-refractivity contribution in [2.45, 2.75) is 26.9 Å². The van der Waals surface area contributed by atoms with Crippen molar-refractivity contribution in [3.63, 3.8) is 0 Å². The van der Waals surface area contributed by atoms with Gasteiger partial charge < -0.3 is 4.74 Å². The van der Waals surface area contributed by atoms with Gasteiger partial charge in [-0.2, -0.15) is 0 Å². The summed E-state index contributed by atoms with van der Waals surface area (Å²) in [7, 11) is 0. The number of ether oxygens (including phenoxy) is 1. The summed E-state index contributed by atoms with van der Waals surface area (Å²) < 4.78 is 7.21. The fraction of sp³-hybridized carbons (Fsp3) is 0.524. The van der Waals surface area contributed by atoms with Crippen molar-refractivity contribution in [1.29, 1.82) is 0 Å². The molecule has 0 unspecified atom stereocenters. The van der Waals surface area contributed by atoms with E-state index < -0.39 is 0 Å². The standard InChI is InChI=1S/C21H27Cl2N5O2/c1-3-19-15(2)24-21-27(18-11-16(22)10-17(23)12-18)13-26(14-28(21)20(19)29)5-4-25-6-8-30-9-7-25/h10-12H,3-9,13-14H2,1-2H3. The second kappa shape index (κ2) is 9.24. The number of nitrogens with zero attached hydrogens (tertiary/aromatic N) is 5. The van der Waals surface area contributed by atoms with E-state index in [1.54, 1.807) is 10.6 Å². The van der Waals surface area contributed by atoms with Crippen LogP contribution in [0.1, 0.15) is 18.2 Å². The van der Waals surface area contributed by atoms with Crippen molar-refractivity contribution in [2.24, 2.45) is 0 Å². The Kier molecular flexibility index (Phi) is 6.65. The average Bonchev–Trinajstić information content (AvgIpc) is 2.72. The maximum absolute atomic E-state index is 13.2. The molecular weight excluding hydrogens is 425 g/mol. The summed E-state index contributed by atoms with van der Waals surface area (Å²) in [4.78, 5) is 24.7. The SMILES string of the molecule is CCc1c(C)nc2n(c1=O)CN(CCN1CCOCC1)CN2c1cc(Cl)cc(Cl)c1. The highest BCUT2D eigenvalue weighted by Gasteiger charge is 2.28. The largest absolute Gasteiger partial charge is 0.379 e. The van der Waals surface area contributed by atoms with E-state index >= 15 is 0 Å². The zero-order chi connectivity index (χ0) is 21.3. The van der Waals surface area contributed by atoms with Gasteiger partial charge in [0.25, 0.3) is 5.56 Å². The maximum Gasteiger partial charge on any atom is 0.259 e. The van der Waals surface area contributed by atoms with Crippen LogP contribution in [0.5, 0.6) is 0 Å². The minimum atomic E-state index is 0.0224. The number of rotatable bonds is 5. The van der Waals surface area contributed by atoms with Crippen LogP contribution in [0.25, 0.3) is 0 Å². The molecule has 0 radical (unpaired) electrons. The first-order valence-corrected chi connectivity index (χ1v) is 11.1. The average molecular weight is 452 g/mol. The van der Waals surface area contributed by atoms with Gasteiger partial charge in [0.15, 0.2) is 0 Å². The van der Waals surface area contributed by atoms with E-state index in [1.807, 2.05) is 30.9 Å². The highest BCUT2D eigenvalue weighted by atomic mass is 35.5. The number of benzene rings is 1. The van der Waals surface area contributed by atoms with Crippen LogP contribution in [0.2, 0.25) is 10.0 Å².